The van der Waals surface area contributed by atoms with E-state index in [0.717, 1.165) is 108 Å². The maximum absolute atomic E-state index is 4.69. The minimum absolute atomic E-state index is 0. The maximum Gasteiger partial charge on any atom is 2.00 e. The Morgan fingerprint density at radius 1 is 0.327 bits per heavy atom. The van der Waals surface area contributed by atoms with Gasteiger partial charge in [0.25, 0.3) is 0 Å². The molecule has 26 heteroatoms. The number of aryl methyl sites for hydroxylation is 5. The van der Waals surface area contributed by atoms with Crippen LogP contribution in [0.2, 0.25) is 0 Å². The van der Waals surface area contributed by atoms with E-state index in [1.54, 1.807) is 71.3 Å². The fourth-order valence-electron chi connectivity index (χ4n) is 10.3. The largest absolute Gasteiger partial charge is 2.00 e. The van der Waals surface area contributed by atoms with Crippen molar-refractivity contribution in [3.8, 4) is 69.1 Å². The van der Waals surface area contributed by atoms with Crippen LogP contribution in [0, 0.1) is 58.9 Å². The molecule has 0 amide bonds. The molecule has 0 fully saturated rings. The van der Waals surface area contributed by atoms with E-state index in [2.05, 4.69) is 111 Å². The second-order valence-electron chi connectivity index (χ2n) is 22.3. The summed E-state index contributed by atoms with van der Waals surface area (Å²) >= 11 is 0. The van der Waals surface area contributed by atoms with Gasteiger partial charge in [0.2, 0.25) is 0 Å². The van der Waals surface area contributed by atoms with Crippen molar-refractivity contribution in [2.75, 3.05) is 0 Å². The molecule has 16 aromatic rings. The summed E-state index contributed by atoms with van der Waals surface area (Å²) in [5, 5.41) is 17.8. The summed E-state index contributed by atoms with van der Waals surface area (Å²) < 4.78 is 7.30. The molecule has 0 atom stereocenters. The molecule has 0 saturated carbocycles. The molecule has 22 nitrogen and oxygen atoms in total. The molecule has 12 heterocycles. The van der Waals surface area contributed by atoms with E-state index in [1.807, 2.05) is 202 Å². The molecule has 101 heavy (non-hydrogen) atoms. The van der Waals surface area contributed by atoms with Crippen LogP contribution in [-0.2, 0) is 107 Å². The van der Waals surface area contributed by atoms with Gasteiger partial charge in [-0.05, 0) is 144 Å². The van der Waals surface area contributed by atoms with Gasteiger partial charge in [0.1, 0.15) is 0 Å². The predicted molar refractivity (Wildman–Crippen MR) is 363 cm³/mol. The third-order valence-electron chi connectivity index (χ3n) is 14.7. The van der Waals surface area contributed by atoms with Gasteiger partial charge in [0.15, 0.2) is 23.3 Å². The minimum atomic E-state index is 0. The van der Waals surface area contributed by atoms with E-state index in [1.165, 1.54) is 0 Å². The fraction of sp³-hybridized carbons (Fsp3) is 0.120. The van der Waals surface area contributed by atoms with Gasteiger partial charge >= 0.3 is 81.7 Å². The zero-order valence-corrected chi connectivity index (χ0v) is 61.0. The smallest absolute Gasteiger partial charge is 0.490 e. The van der Waals surface area contributed by atoms with Gasteiger partial charge in [-0.2, -0.15) is 79.0 Å². The SMILES string of the molecule is Cc1cc(C)n(-c2[c-]c(Cc3ccnc(-c4ncc[n-]4)n3)ccc2)n1.Cc1ccn(-c2[c-]c(Cc3ccnc(-c4ncc[n-]4)n3)ccc2)n1.Cc1ccn(-c2cccc(Cc3[c-]c(-c4ncc[n-]4)ccc3)n2)n1.Cc1ccn(-c2cccc(Cc3[c-]c(-c4ncc[n-]4)ccc3)n2)n1.[Pd+2].[Pd+2].[Pd+2].[Pd+2]. The molecule has 12 aromatic heterocycles. The first-order valence-corrected chi connectivity index (χ1v) is 31.0. The van der Waals surface area contributed by atoms with Gasteiger partial charge in [-0.3, -0.25) is 9.36 Å². The van der Waals surface area contributed by atoms with E-state index in [0.29, 0.717) is 60.6 Å². The number of benzene rings is 4. The third-order valence-corrected chi connectivity index (χ3v) is 14.7. The Bertz CT molecular complexity index is 4800. The van der Waals surface area contributed by atoms with Crippen molar-refractivity contribution in [1.82, 2.24) is 109 Å². The van der Waals surface area contributed by atoms with Crippen LogP contribution in [0.3, 0.4) is 0 Å². The first kappa shape index (κ1) is 74.9. The Balaban J connectivity index is 0.000000155. The number of rotatable bonds is 16. The zero-order valence-electron chi connectivity index (χ0n) is 54.8. The topological polar surface area (TPSA) is 257 Å². The molecule has 0 bridgehead atoms. The summed E-state index contributed by atoms with van der Waals surface area (Å²) in [6, 6.07) is 61.3. The maximum atomic E-state index is 4.69. The summed E-state index contributed by atoms with van der Waals surface area (Å²) in [5.41, 5.74) is 16.6. The summed E-state index contributed by atoms with van der Waals surface area (Å²) in [4.78, 5) is 60.4. The zero-order chi connectivity index (χ0) is 66.3. The van der Waals surface area contributed by atoms with Crippen LogP contribution in [-0.4, -0.2) is 89.0 Å². The normalized spacial score (nSPS) is 10.5. The average molecular weight is 1700 g/mol. The Hall–Kier alpha value is -10.3. The van der Waals surface area contributed by atoms with Crippen molar-refractivity contribution in [2.45, 2.75) is 60.3 Å². The number of hydrogen-bond acceptors (Lipinski definition) is 14. The van der Waals surface area contributed by atoms with Crippen LogP contribution in [0.5, 0.6) is 0 Å². The van der Waals surface area contributed by atoms with E-state index >= 15 is 0 Å². The second kappa shape index (κ2) is 36.1. The molecule has 510 valence electrons. The van der Waals surface area contributed by atoms with Gasteiger partial charge < -0.3 is 39.9 Å². The van der Waals surface area contributed by atoms with Gasteiger partial charge in [-0.1, -0.05) is 61.7 Å². The van der Waals surface area contributed by atoms with Gasteiger partial charge in [-0.25, -0.2) is 39.3 Å². The molecule has 0 spiro atoms. The number of imidazole rings is 4. The Morgan fingerprint density at radius 3 is 1.10 bits per heavy atom. The first-order valence-electron chi connectivity index (χ1n) is 31.0. The van der Waals surface area contributed by atoms with Crippen LogP contribution >= 0.6 is 0 Å². The molecule has 0 aliphatic heterocycles. The van der Waals surface area contributed by atoms with E-state index < -0.39 is 0 Å². The molecule has 0 N–H and O–H groups in total. The van der Waals surface area contributed by atoms with Crippen molar-refractivity contribution >= 4 is 0 Å². The van der Waals surface area contributed by atoms with Crippen LogP contribution < -0.4 is 19.9 Å². The number of pyridine rings is 2. The third kappa shape index (κ3) is 20.2. The van der Waals surface area contributed by atoms with E-state index in [-0.39, 0.29) is 81.7 Å². The number of nitrogens with zero attached hydrogens (tertiary/aromatic N) is 22. The summed E-state index contributed by atoms with van der Waals surface area (Å²) in [5.74, 6) is 5.20. The minimum Gasteiger partial charge on any atom is -0.490 e. The molecular formula is C75H60N22Pd4. The second-order valence-corrected chi connectivity index (χ2v) is 22.3. The summed E-state index contributed by atoms with van der Waals surface area (Å²) in [7, 11) is 0. The molecule has 0 saturated heterocycles. The van der Waals surface area contributed by atoms with Crippen molar-refractivity contribution in [2.24, 2.45) is 0 Å². The van der Waals surface area contributed by atoms with Crippen LogP contribution in [0.1, 0.15) is 73.5 Å². The average Bonchev–Trinajstić information content (AvgIpc) is 1.80. The standard InChI is InChI=1S/C19H16N6.2C19H15N5.C18H14N6.4Pd/c1-13-10-14(2)25(24-13)17-5-3-4-15(12-17)11-16-6-7-20-19(23-16)18-21-8-9-22-18;2*1-14-8-11-24(23-14)18-7-3-6-17(22-18)13-15-4-2-5-16(12-15)19-20-9-10-21-19;1-13-6-10-24(23-13)16-4-2-3-14(12-16)11-15-5-7-19-18(22-15)17-20-8-9-21-17;;;;/h3-10H,11H2,1-2H3;2*2-11H,13H2,1H3;2-10H,11H2,1H3;;;;/q4*-2;4*+2. The van der Waals surface area contributed by atoms with Crippen LogP contribution in [0.25, 0.3) is 69.1 Å². The Labute approximate surface area is 638 Å². The van der Waals surface area contributed by atoms with Crippen LogP contribution in [0.15, 0.2) is 226 Å². The van der Waals surface area contributed by atoms with Gasteiger partial charge in [-0.15, -0.1) is 83.4 Å². The molecule has 16 rings (SSSR count). The summed E-state index contributed by atoms with van der Waals surface area (Å²) in [6.07, 6.45) is 25.2. The quantitative estimate of drug-likeness (QED) is 0.0643. The number of hydrogen-bond donors (Lipinski definition) is 0. The van der Waals surface area contributed by atoms with Crippen molar-refractivity contribution < 1.29 is 81.7 Å². The number of aromatic nitrogens is 22. The molecule has 0 unspecified atom stereocenters. The van der Waals surface area contributed by atoms with Crippen molar-refractivity contribution in [3.05, 3.63) is 324 Å². The Morgan fingerprint density at radius 2 is 0.703 bits per heavy atom. The van der Waals surface area contributed by atoms with Gasteiger partial charge in [0.05, 0.1) is 22.8 Å². The van der Waals surface area contributed by atoms with Crippen LogP contribution in [0.4, 0.5) is 0 Å². The molecule has 4 aromatic carbocycles. The molecule has 0 aliphatic rings. The van der Waals surface area contributed by atoms with E-state index in [9.17, 15) is 0 Å². The summed E-state index contributed by atoms with van der Waals surface area (Å²) in [6.45, 7) is 9.92. The van der Waals surface area contributed by atoms with Crippen molar-refractivity contribution in [1.29, 1.82) is 0 Å². The molecule has 0 radical (unpaired) electrons. The predicted octanol–water partition coefficient (Wildman–Crippen LogP) is 11.0. The van der Waals surface area contributed by atoms with Crippen molar-refractivity contribution in [3.63, 3.8) is 0 Å². The van der Waals surface area contributed by atoms with E-state index in [4.69, 9.17) is 9.97 Å². The monoisotopic (exact) mass is 1690 g/mol. The first-order chi connectivity index (χ1) is 47.5. The van der Waals surface area contributed by atoms with Gasteiger partial charge in [0, 0.05) is 59.5 Å². The fourth-order valence-corrected chi connectivity index (χ4v) is 10.3. The molecule has 0 aliphatic carbocycles. The Kier molecular flexibility index (Phi) is 26.8. The molecular weight excluding hydrogens is 1630 g/mol.